The Hall–Kier alpha value is -1.22. The number of aliphatic hydroxyl groups is 7. The van der Waals surface area contributed by atoms with Crippen LogP contribution in [0, 0.1) is 0 Å². The highest BCUT2D eigenvalue weighted by Gasteiger charge is 2.51. The van der Waals surface area contributed by atoms with Gasteiger partial charge in [-0.3, -0.25) is 13.8 Å². The van der Waals surface area contributed by atoms with Crippen LogP contribution >= 0.6 is 7.82 Å². The molecule has 0 heterocycles. The van der Waals surface area contributed by atoms with Crippen molar-refractivity contribution in [2.24, 2.45) is 0 Å². The smallest absolute Gasteiger partial charge is 0.393 e. The van der Waals surface area contributed by atoms with Crippen molar-refractivity contribution in [1.82, 2.24) is 5.32 Å². The first-order valence-electron chi connectivity index (χ1n) is 21.4. The number of amides is 1. The molecule has 8 atom stereocenters. The fraction of sp³-hybridized carbons (Fsp3) is 0.878. The van der Waals surface area contributed by atoms with E-state index in [0.717, 1.165) is 51.4 Å². The Morgan fingerprint density at radius 2 is 1.07 bits per heavy atom. The summed E-state index contributed by atoms with van der Waals surface area (Å²) in [5, 5.41) is 74.1. The minimum Gasteiger partial charge on any atom is -0.393 e. The molecular formula is C41H78NO12P. The predicted octanol–water partition coefficient (Wildman–Crippen LogP) is 6.03. The average Bonchev–Trinajstić information content (AvgIpc) is 3.15. The van der Waals surface area contributed by atoms with E-state index in [-0.39, 0.29) is 6.42 Å². The number of aliphatic hydroxyl groups excluding tert-OH is 7. The molecule has 0 aromatic carbocycles. The largest absolute Gasteiger partial charge is 0.472 e. The summed E-state index contributed by atoms with van der Waals surface area (Å²) in [6, 6.07) is -1.25. The molecule has 1 aliphatic rings. The molecule has 324 valence electrons. The van der Waals surface area contributed by atoms with Crippen molar-refractivity contribution in [3.05, 3.63) is 24.3 Å². The first kappa shape index (κ1) is 51.8. The van der Waals surface area contributed by atoms with Gasteiger partial charge in [0.15, 0.2) is 0 Å². The Morgan fingerprint density at radius 3 is 1.60 bits per heavy atom. The van der Waals surface area contributed by atoms with Crippen LogP contribution in [0.2, 0.25) is 0 Å². The van der Waals surface area contributed by atoms with Gasteiger partial charge in [-0.15, -0.1) is 0 Å². The zero-order chi connectivity index (χ0) is 40.9. The standard InChI is InChI=1S/C41H78NO12P/c1-3-5-7-9-11-13-14-15-16-17-18-19-21-22-24-26-28-32(43)30-35(45)42-33(34(44)29-27-25-23-20-12-10-8-6-4-2)31-53-55(51,52)54-41-39(49)37(47)36(46)38(48)40(41)50/h12,20,27,29,32-34,36-41,43-44,46-50H,3-11,13-19,21-26,28,30-31H2,1-2H3,(H,42,45)(H,51,52)/b20-12+,29-27+. The van der Waals surface area contributed by atoms with Crippen LogP contribution in [0.5, 0.6) is 0 Å². The first-order chi connectivity index (χ1) is 26.3. The second kappa shape index (κ2) is 31.7. The number of hydrogen-bond donors (Lipinski definition) is 9. The summed E-state index contributed by atoms with van der Waals surface area (Å²) in [4.78, 5) is 23.3. The van der Waals surface area contributed by atoms with Crippen molar-refractivity contribution >= 4 is 13.7 Å². The quantitative estimate of drug-likeness (QED) is 0.0207. The molecule has 0 saturated heterocycles. The lowest BCUT2D eigenvalue weighted by Crippen LogP contribution is -2.64. The molecule has 1 saturated carbocycles. The van der Waals surface area contributed by atoms with Crippen molar-refractivity contribution in [2.45, 2.75) is 223 Å². The Morgan fingerprint density at radius 1 is 0.636 bits per heavy atom. The van der Waals surface area contributed by atoms with E-state index in [1.165, 1.54) is 89.5 Å². The molecule has 14 heteroatoms. The molecule has 1 rings (SSSR count). The topological polar surface area (TPSA) is 226 Å². The molecule has 13 nitrogen and oxygen atoms in total. The van der Waals surface area contributed by atoms with Gasteiger partial charge in [0, 0.05) is 0 Å². The van der Waals surface area contributed by atoms with E-state index in [9.17, 15) is 50.0 Å². The molecule has 0 aromatic rings. The zero-order valence-corrected chi connectivity index (χ0v) is 34.7. The number of nitrogens with one attached hydrogen (secondary N) is 1. The molecule has 0 spiro atoms. The Bertz CT molecular complexity index is 1050. The van der Waals surface area contributed by atoms with Crippen LogP contribution in [0.4, 0.5) is 0 Å². The van der Waals surface area contributed by atoms with Gasteiger partial charge in [-0.25, -0.2) is 4.57 Å². The molecule has 0 aromatic heterocycles. The van der Waals surface area contributed by atoms with Gasteiger partial charge in [0.2, 0.25) is 5.91 Å². The van der Waals surface area contributed by atoms with Crippen molar-refractivity contribution in [3.63, 3.8) is 0 Å². The molecule has 8 unspecified atom stereocenters. The van der Waals surface area contributed by atoms with Gasteiger partial charge >= 0.3 is 7.82 Å². The summed E-state index contributed by atoms with van der Waals surface area (Å²) in [7, 11) is -5.14. The van der Waals surface area contributed by atoms with E-state index in [1.54, 1.807) is 6.08 Å². The van der Waals surface area contributed by atoms with Gasteiger partial charge in [0.1, 0.15) is 36.6 Å². The number of rotatable bonds is 34. The lowest BCUT2D eigenvalue weighted by molar-refractivity contribution is -0.220. The monoisotopic (exact) mass is 808 g/mol. The van der Waals surface area contributed by atoms with Crippen LogP contribution in [-0.2, 0) is 18.4 Å². The van der Waals surface area contributed by atoms with E-state index < -0.39 is 75.2 Å². The number of allylic oxidation sites excluding steroid dienone is 3. The maximum Gasteiger partial charge on any atom is 0.472 e. The molecular weight excluding hydrogens is 729 g/mol. The maximum atomic E-state index is 12.9. The highest BCUT2D eigenvalue weighted by molar-refractivity contribution is 7.47. The number of carbonyl (C=O) groups excluding carboxylic acids is 1. The molecule has 1 fully saturated rings. The van der Waals surface area contributed by atoms with Gasteiger partial charge in [-0.05, 0) is 32.1 Å². The lowest BCUT2D eigenvalue weighted by Gasteiger charge is -2.41. The summed E-state index contributed by atoms with van der Waals surface area (Å²) >= 11 is 0. The van der Waals surface area contributed by atoms with Gasteiger partial charge in [-0.1, -0.05) is 154 Å². The van der Waals surface area contributed by atoms with Gasteiger partial charge in [0.05, 0.1) is 31.3 Å². The van der Waals surface area contributed by atoms with Crippen LogP contribution in [0.1, 0.15) is 168 Å². The van der Waals surface area contributed by atoms with Crippen LogP contribution in [0.15, 0.2) is 24.3 Å². The van der Waals surface area contributed by atoms with Crippen LogP contribution in [-0.4, -0.2) is 108 Å². The minimum atomic E-state index is -5.14. The van der Waals surface area contributed by atoms with E-state index in [2.05, 4.69) is 31.3 Å². The summed E-state index contributed by atoms with van der Waals surface area (Å²) in [6.45, 7) is 3.65. The predicted molar refractivity (Wildman–Crippen MR) is 215 cm³/mol. The second-order valence-corrected chi connectivity index (χ2v) is 16.8. The molecule has 0 aliphatic heterocycles. The van der Waals surface area contributed by atoms with Crippen molar-refractivity contribution < 1.29 is 59.0 Å². The summed E-state index contributed by atoms with van der Waals surface area (Å²) < 4.78 is 22.7. The van der Waals surface area contributed by atoms with Crippen molar-refractivity contribution in [2.75, 3.05) is 6.61 Å². The summed E-state index contributed by atoms with van der Waals surface area (Å²) in [5.74, 6) is -0.605. The molecule has 1 amide bonds. The fourth-order valence-corrected chi connectivity index (χ4v) is 7.69. The van der Waals surface area contributed by atoms with Gasteiger partial charge in [-0.2, -0.15) is 0 Å². The Labute approximate surface area is 331 Å². The fourth-order valence-electron chi connectivity index (χ4n) is 6.73. The lowest BCUT2D eigenvalue weighted by atomic mass is 9.85. The number of carbonyl (C=O) groups is 1. The highest BCUT2D eigenvalue weighted by Crippen LogP contribution is 2.47. The highest BCUT2D eigenvalue weighted by atomic mass is 31.2. The van der Waals surface area contributed by atoms with Crippen LogP contribution < -0.4 is 5.32 Å². The third kappa shape index (κ3) is 24.3. The van der Waals surface area contributed by atoms with E-state index in [4.69, 9.17) is 9.05 Å². The molecule has 1 aliphatic carbocycles. The SMILES string of the molecule is CCCCC/C=C/CC/C=C/C(O)C(COP(=O)(O)OC1C(O)C(O)C(O)C(O)C1O)NC(=O)CC(O)CCCCCCCCCCCCCCCCCC. The molecule has 0 bridgehead atoms. The van der Waals surface area contributed by atoms with Gasteiger partial charge in [0.25, 0.3) is 0 Å². The van der Waals surface area contributed by atoms with E-state index in [0.29, 0.717) is 12.8 Å². The number of hydrogen-bond acceptors (Lipinski definition) is 11. The maximum absolute atomic E-state index is 12.9. The number of unbranched alkanes of at least 4 members (excludes halogenated alkanes) is 19. The zero-order valence-electron chi connectivity index (χ0n) is 33.8. The number of phosphoric ester groups is 1. The van der Waals surface area contributed by atoms with E-state index in [1.807, 2.05) is 0 Å². The normalized spacial score (nSPS) is 24.6. The van der Waals surface area contributed by atoms with Crippen molar-refractivity contribution in [1.29, 1.82) is 0 Å². The summed E-state index contributed by atoms with van der Waals surface area (Å²) in [6.07, 6.45) is 18.8. The van der Waals surface area contributed by atoms with Crippen LogP contribution in [0.25, 0.3) is 0 Å². The summed E-state index contributed by atoms with van der Waals surface area (Å²) in [5.41, 5.74) is 0. The third-order valence-corrected chi connectivity index (χ3v) is 11.3. The molecule has 9 N–H and O–H groups in total. The third-order valence-electron chi connectivity index (χ3n) is 10.3. The Kier molecular flexibility index (Phi) is 29.9. The minimum absolute atomic E-state index is 0.250. The number of phosphoric acid groups is 1. The van der Waals surface area contributed by atoms with Crippen LogP contribution in [0.3, 0.4) is 0 Å². The Balaban J connectivity index is 2.54. The first-order valence-corrected chi connectivity index (χ1v) is 22.9. The molecule has 55 heavy (non-hydrogen) atoms. The van der Waals surface area contributed by atoms with E-state index >= 15 is 0 Å². The van der Waals surface area contributed by atoms with Crippen molar-refractivity contribution in [3.8, 4) is 0 Å². The molecule has 0 radical (unpaired) electrons. The average molecular weight is 808 g/mol. The van der Waals surface area contributed by atoms with Gasteiger partial charge < -0.3 is 46.0 Å². The second-order valence-electron chi connectivity index (χ2n) is 15.4.